The first-order valence-corrected chi connectivity index (χ1v) is 6.09. The van der Waals surface area contributed by atoms with Gasteiger partial charge in [-0.1, -0.05) is 0 Å². The number of rotatable bonds is 3. The zero-order valence-corrected chi connectivity index (χ0v) is 9.81. The minimum atomic E-state index is -3.71. The number of nitrogens with zero attached hydrogens (tertiary/aromatic N) is 1. The van der Waals surface area contributed by atoms with Gasteiger partial charge in [-0.15, -0.1) is 0 Å². The Labute approximate surface area is 92.5 Å². The summed E-state index contributed by atoms with van der Waals surface area (Å²) in [7, 11) is -1.38. The van der Waals surface area contributed by atoms with Crippen LogP contribution in [-0.4, -0.2) is 28.8 Å². The van der Waals surface area contributed by atoms with Gasteiger partial charge in [-0.3, -0.25) is 4.31 Å². The van der Waals surface area contributed by atoms with Crippen LogP contribution < -0.4 is 9.04 Å². The molecular formula is C9H11F2NO3S. The standard InChI is InChI=1S/C9H11F2NO3S/c1-12(16(3,13)14)9-7(10)4-6(15-2)5-8(9)11/h4-5H,1-3H3. The molecule has 0 bridgehead atoms. The third kappa shape index (κ3) is 2.41. The van der Waals surface area contributed by atoms with Crippen molar-refractivity contribution < 1.29 is 21.9 Å². The molecule has 0 aliphatic carbocycles. The summed E-state index contributed by atoms with van der Waals surface area (Å²) in [6, 6.07) is 1.83. The van der Waals surface area contributed by atoms with Crippen LogP contribution in [0.25, 0.3) is 0 Å². The minimum Gasteiger partial charge on any atom is -0.497 e. The van der Waals surface area contributed by atoms with Crippen LogP contribution in [0.15, 0.2) is 12.1 Å². The van der Waals surface area contributed by atoms with Gasteiger partial charge in [0.25, 0.3) is 0 Å². The Bertz CT molecular complexity index is 478. The molecule has 0 saturated carbocycles. The van der Waals surface area contributed by atoms with E-state index in [9.17, 15) is 17.2 Å². The lowest BCUT2D eigenvalue weighted by molar-refractivity contribution is 0.407. The van der Waals surface area contributed by atoms with Gasteiger partial charge in [0.2, 0.25) is 10.0 Å². The van der Waals surface area contributed by atoms with Crippen LogP contribution in [0, 0.1) is 11.6 Å². The topological polar surface area (TPSA) is 46.6 Å². The number of methoxy groups -OCH3 is 1. The molecule has 0 radical (unpaired) electrons. The molecule has 90 valence electrons. The highest BCUT2D eigenvalue weighted by Gasteiger charge is 2.21. The SMILES string of the molecule is COc1cc(F)c(N(C)S(C)(=O)=O)c(F)c1. The lowest BCUT2D eigenvalue weighted by Gasteiger charge is -2.18. The van der Waals surface area contributed by atoms with E-state index in [2.05, 4.69) is 4.74 Å². The van der Waals surface area contributed by atoms with Crippen LogP contribution in [0.4, 0.5) is 14.5 Å². The van der Waals surface area contributed by atoms with Crippen molar-refractivity contribution in [2.45, 2.75) is 0 Å². The second kappa shape index (κ2) is 4.25. The average Bonchev–Trinajstić information content (AvgIpc) is 2.14. The van der Waals surface area contributed by atoms with E-state index in [0.29, 0.717) is 4.31 Å². The van der Waals surface area contributed by atoms with E-state index >= 15 is 0 Å². The first kappa shape index (κ1) is 12.7. The van der Waals surface area contributed by atoms with Gasteiger partial charge in [-0.25, -0.2) is 17.2 Å². The minimum absolute atomic E-state index is 0.0133. The molecule has 0 unspecified atom stereocenters. The number of halogens is 2. The summed E-state index contributed by atoms with van der Waals surface area (Å²) in [5.74, 6) is -2.00. The normalized spacial score (nSPS) is 11.3. The van der Waals surface area contributed by atoms with Crippen molar-refractivity contribution in [2.75, 3.05) is 24.7 Å². The van der Waals surface area contributed by atoms with Gasteiger partial charge >= 0.3 is 0 Å². The Morgan fingerprint density at radius 2 is 1.69 bits per heavy atom. The second-order valence-electron chi connectivity index (χ2n) is 3.17. The summed E-state index contributed by atoms with van der Waals surface area (Å²) in [6.07, 6.45) is 0.857. The molecule has 1 aromatic rings. The zero-order chi connectivity index (χ0) is 12.5. The number of hydrogen-bond acceptors (Lipinski definition) is 3. The number of benzene rings is 1. The predicted octanol–water partition coefficient (Wildman–Crippen LogP) is 1.37. The fourth-order valence-electron chi connectivity index (χ4n) is 1.13. The second-order valence-corrected chi connectivity index (χ2v) is 5.18. The van der Waals surface area contributed by atoms with Crippen molar-refractivity contribution >= 4 is 15.7 Å². The van der Waals surface area contributed by atoms with Crippen LogP contribution in [0.2, 0.25) is 0 Å². The number of sulfonamides is 1. The van der Waals surface area contributed by atoms with Crippen molar-refractivity contribution in [1.29, 1.82) is 0 Å². The van der Waals surface area contributed by atoms with Crippen LogP contribution in [0.5, 0.6) is 5.75 Å². The fraction of sp³-hybridized carbons (Fsp3) is 0.333. The zero-order valence-electron chi connectivity index (χ0n) is 8.99. The summed E-state index contributed by atoms with van der Waals surface area (Å²) in [5.41, 5.74) is -0.622. The van der Waals surface area contributed by atoms with E-state index in [1.165, 1.54) is 7.11 Å². The fourth-order valence-corrected chi connectivity index (χ4v) is 1.63. The van der Waals surface area contributed by atoms with E-state index in [0.717, 1.165) is 25.4 Å². The summed E-state index contributed by atoms with van der Waals surface area (Å²) < 4.78 is 54.4. The lowest BCUT2D eigenvalue weighted by Crippen LogP contribution is -2.26. The first-order chi connectivity index (χ1) is 7.27. The molecule has 0 amide bonds. The number of hydrogen-bond donors (Lipinski definition) is 0. The van der Waals surface area contributed by atoms with Crippen molar-refractivity contribution in [3.63, 3.8) is 0 Å². The maximum Gasteiger partial charge on any atom is 0.232 e. The lowest BCUT2D eigenvalue weighted by atomic mass is 10.2. The molecule has 1 aromatic carbocycles. The van der Waals surface area contributed by atoms with Gasteiger partial charge in [0.05, 0.1) is 13.4 Å². The summed E-state index contributed by atoms with van der Waals surface area (Å²) in [4.78, 5) is 0. The number of ether oxygens (including phenoxy) is 1. The van der Waals surface area contributed by atoms with E-state index in [4.69, 9.17) is 0 Å². The molecule has 0 heterocycles. The van der Waals surface area contributed by atoms with Gasteiger partial charge in [0, 0.05) is 19.2 Å². The molecule has 1 rings (SSSR count). The maximum atomic E-state index is 13.5. The highest BCUT2D eigenvalue weighted by molar-refractivity contribution is 7.92. The Hall–Kier alpha value is -1.37. The summed E-state index contributed by atoms with van der Waals surface area (Å²) in [5, 5.41) is 0. The monoisotopic (exact) mass is 251 g/mol. The van der Waals surface area contributed by atoms with Crippen LogP contribution in [0.3, 0.4) is 0 Å². The quantitative estimate of drug-likeness (QED) is 0.815. The van der Waals surface area contributed by atoms with E-state index in [1.54, 1.807) is 0 Å². The molecular weight excluding hydrogens is 240 g/mol. The highest BCUT2D eigenvalue weighted by atomic mass is 32.2. The van der Waals surface area contributed by atoms with Gasteiger partial charge in [-0.2, -0.15) is 0 Å². The van der Waals surface area contributed by atoms with Crippen LogP contribution >= 0.6 is 0 Å². The van der Waals surface area contributed by atoms with E-state index < -0.39 is 27.3 Å². The Kier molecular flexibility index (Phi) is 3.37. The first-order valence-electron chi connectivity index (χ1n) is 4.24. The molecule has 0 atom stereocenters. The molecule has 0 aliphatic heterocycles. The molecule has 0 spiro atoms. The van der Waals surface area contributed by atoms with Gasteiger partial charge in [0.15, 0.2) is 11.6 Å². The molecule has 0 saturated heterocycles. The van der Waals surface area contributed by atoms with Gasteiger partial charge < -0.3 is 4.74 Å². The van der Waals surface area contributed by atoms with Crippen LogP contribution in [-0.2, 0) is 10.0 Å². The van der Waals surface area contributed by atoms with Crippen LogP contribution in [0.1, 0.15) is 0 Å². The van der Waals surface area contributed by atoms with Crippen molar-refractivity contribution in [1.82, 2.24) is 0 Å². The van der Waals surface area contributed by atoms with Crippen molar-refractivity contribution in [3.8, 4) is 5.75 Å². The molecule has 0 aromatic heterocycles. The molecule has 4 nitrogen and oxygen atoms in total. The molecule has 0 N–H and O–H groups in total. The van der Waals surface area contributed by atoms with Gasteiger partial charge in [0.1, 0.15) is 11.4 Å². The number of anilines is 1. The third-order valence-corrected chi connectivity index (χ3v) is 3.22. The van der Waals surface area contributed by atoms with E-state index in [1.807, 2.05) is 0 Å². The van der Waals surface area contributed by atoms with E-state index in [-0.39, 0.29) is 5.75 Å². The average molecular weight is 251 g/mol. The molecule has 7 heteroatoms. The predicted molar refractivity (Wildman–Crippen MR) is 56.2 cm³/mol. The molecule has 0 aliphatic rings. The Morgan fingerprint density at radius 1 is 1.25 bits per heavy atom. The smallest absolute Gasteiger partial charge is 0.232 e. The summed E-state index contributed by atoms with van der Waals surface area (Å²) >= 11 is 0. The molecule has 0 fully saturated rings. The van der Waals surface area contributed by atoms with Gasteiger partial charge in [-0.05, 0) is 0 Å². The molecule has 16 heavy (non-hydrogen) atoms. The largest absolute Gasteiger partial charge is 0.497 e. The maximum absolute atomic E-state index is 13.5. The van der Waals surface area contributed by atoms with Crippen molar-refractivity contribution in [2.24, 2.45) is 0 Å². The van der Waals surface area contributed by atoms with Crippen molar-refractivity contribution in [3.05, 3.63) is 23.8 Å². The highest BCUT2D eigenvalue weighted by Crippen LogP contribution is 2.28. The Balaban J connectivity index is 3.36. The third-order valence-electron chi connectivity index (χ3n) is 2.04. The summed E-state index contributed by atoms with van der Waals surface area (Å²) in [6.45, 7) is 0. The Morgan fingerprint density at radius 3 is 2.00 bits per heavy atom.